The Morgan fingerprint density at radius 1 is 1.17 bits per heavy atom. The molecule has 0 amide bonds. The Bertz CT molecular complexity index is 1300. The van der Waals surface area contributed by atoms with Crippen molar-refractivity contribution >= 4 is 23.2 Å². The molecule has 0 saturated carbocycles. The SMILES string of the molecule is CC(C)c1cc(=O)[nH]nc1Oc1c(Cl)cc(-n2nc(C#N)c(=O)[nH]c2=O)cc1Cl. The summed E-state index contributed by atoms with van der Waals surface area (Å²) in [6.45, 7) is 3.72. The molecule has 12 heteroatoms. The molecule has 148 valence electrons. The molecule has 0 unspecified atom stereocenters. The van der Waals surface area contributed by atoms with Crippen molar-refractivity contribution < 1.29 is 4.74 Å². The quantitative estimate of drug-likeness (QED) is 0.638. The van der Waals surface area contributed by atoms with Crippen LogP contribution in [0, 0.1) is 11.3 Å². The first-order chi connectivity index (χ1) is 13.7. The van der Waals surface area contributed by atoms with Gasteiger partial charge in [0, 0.05) is 11.6 Å². The van der Waals surface area contributed by atoms with E-state index in [0.29, 0.717) is 5.56 Å². The Kier molecular flexibility index (Phi) is 5.54. The first-order valence-electron chi connectivity index (χ1n) is 8.12. The molecular weight excluding hydrogens is 423 g/mol. The van der Waals surface area contributed by atoms with Crippen LogP contribution in [0.2, 0.25) is 10.0 Å². The number of ether oxygens (including phenoxy) is 1. The molecule has 0 radical (unpaired) electrons. The van der Waals surface area contributed by atoms with Crippen molar-refractivity contribution in [2.75, 3.05) is 0 Å². The number of nitriles is 1. The predicted octanol–water partition coefficient (Wildman–Crippen LogP) is 2.10. The fourth-order valence-corrected chi connectivity index (χ4v) is 2.96. The number of aromatic amines is 2. The summed E-state index contributed by atoms with van der Waals surface area (Å²) in [6, 6.07) is 5.58. The van der Waals surface area contributed by atoms with E-state index in [1.807, 2.05) is 18.8 Å². The molecule has 0 atom stereocenters. The highest BCUT2D eigenvalue weighted by molar-refractivity contribution is 6.37. The fourth-order valence-electron chi connectivity index (χ4n) is 2.41. The number of hydrogen-bond acceptors (Lipinski definition) is 7. The zero-order chi connectivity index (χ0) is 21.3. The number of hydrogen-bond donors (Lipinski definition) is 2. The third kappa shape index (κ3) is 4.06. The molecule has 2 heterocycles. The maximum Gasteiger partial charge on any atom is 0.349 e. The van der Waals surface area contributed by atoms with Crippen molar-refractivity contribution in [1.29, 1.82) is 5.26 Å². The average molecular weight is 435 g/mol. The molecule has 29 heavy (non-hydrogen) atoms. The molecule has 10 nitrogen and oxygen atoms in total. The Labute approximate surface area is 172 Å². The van der Waals surface area contributed by atoms with Crippen molar-refractivity contribution in [1.82, 2.24) is 25.0 Å². The Hall–Kier alpha value is -3.42. The van der Waals surface area contributed by atoms with E-state index >= 15 is 0 Å². The van der Waals surface area contributed by atoms with Crippen LogP contribution in [-0.2, 0) is 0 Å². The lowest BCUT2D eigenvalue weighted by atomic mass is 10.1. The van der Waals surface area contributed by atoms with E-state index in [1.165, 1.54) is 18.2 Å². The molecule has 0 aliphatic carbocycles. The zero-order valence-electron chi connectivity index (χ0n) is 15.0. The molecule has 0 fully saturated rings. The van der Waals surface area contributed by atoms with Crippen molar-refractivity contribution in [3.63, 3.8) is 0 Å². The fraction of sp³-hybridized carbons (Fsp3) is 0.176. The third-order valence-corrected chi connectivity index (χ3v) is 4.34. The minimum atomic E-state index is -0.906. The van der Waals surface area contributed by atoms with E-state index in [4.69, 9.17) is 33.2 Å². The summed E-state index contributed by atoms with van der Waals surface area (Å²) in [6.07, 6.45) is 0. The maximum absolute atomic E-state index is 12.0. The van der Waals surface area contributed by atoms with Crippen LogP contribution in [0.25, 0.3) is 5.69 Å². The van der Waals surface area contributed by atoms with Crippen LogP contribution < -0.4 is 21.5 Å². The van der Waals surface area contributed by atoms with E-state index < -0.39 is 16.9 Å². The Balaban J connectivity index is 2.09. The normalized spacial score (nSPS) is 10.8. The van der Waals surface area contributed by atoms with Crippen LogP contribution in [0.15, 0.2) is 32.6 Å². The molecule has 0 aliphatic heterocycles. The summed E-state index contributed by atoms with van der Waals surface area (Å²) in [7, 11) is 0. The molecule has 0 spiro atoms. The van der Waals surface area contributed by atoms with Crippen molar-refractivity contribution in [3.05, 3.63) is 70.7 Å². The lowest BCUT2D eigenvalue weighted by molar-refractivity contribution is 0.444. The van der Waals surface area contributed by atoms with Gasteiger partial charge < -0.3 is 4.74 Å². The molecule has 3 aromatic rings. The standard InChI is InChI=1S/C17H12Cl2N6O4/c1-7(2)9-5-13(26)22-23-16(9)29-14-10(18)3-8(4-11(14)19)25-17(28)21-15(27)12(6-20)24-25/h3-5,7H,1-2H3,(H,22,26)(H,21,27,28). The minimum absolute atomic E-state index is 0.00798. The van der Waals surface area contributed by atoms with E-state index in [0.717, 1.165) is 4.68 Å². The van der Waals surface area contributed by atoms with E-state index in [9.17, 15) is 14.4 Å². The Morgan fingerprint density at radius 2 is 1.83 bits per heavy atom. The topological polar surface area (TPSA) is 147 Å². The molecule has 2 aromatic heterocycles. The predicted molar refractivity (Wildman–Crippen MR) is 104 cm³/mol. The smallest absolute Gasteiger partial charge is 0.349 e. The van der Waals surface area contributed by atoms with Gasteiger partial charge in [0.05, 0.1) is 15.7 Å². The summed E-state index contributed by atoms with van der Waals surface area (Å²) in [5.41, 5.74) is -2.03. The Morgan fingerprint density at radius 3 is 2.41 bits per heavy atom. The van der Waals surface area contributed by atoms with Crippen LogP contribution >= 0.6 is 23.2 Å². The second-order valence-corrected chi connectivity index (χ2v) is 6.93. The number of aromatic nitrogens is 5. The third-order valence-electron chi connectivity index (χ3n) is 3.78. The highest BCUT2D eigenvalue weighted by atomic mass is 35.5. The number of rotatable bonds is 4. The average Bonchev–Trinajstić information content (AvgIpc) is 2.65. The van der Waals surface area contributed by atoms with Crippen molar-refractivity contribution in [3.8, 4) is 23.4 Å². The van der Waals surface area contributed by atoms with Gasteiger partial charge in [0.15, 0.2) is 5.75 Å². The number of halogens is 2. The summed E-state index contributed by atoms with van der Waals surface area (Å²) in [4.78, 5) is 37.0. The summed E-state index contributed by atoms with van der Waals surface area (Å²) in [5.74, 6) is 0.0868. The molecule has 2 N–H and O–H groups in total. The van der Waals surface area contributed by atoms with Gasteiger partial charge in [-0.05, 0) is 18.1 Å². The first kappa shape index (κ1) is 20.3. The van der Waals surface area contributed by atoms with Gasteiger partial charge in [-0.15, -0.1) is 10.2 Å². The van der Waals surface area contributed by atoms with Crippen LogP contribution in [0.4, 0.5) is 0 Å². The lowest BCUT2D eigenvalue weighted by Crippen LogP contribution is -2.33. The van der Waals surface area contributed by atoms with Gasteiger partial charge in [0.25, 0.3) is 11.1 Å². The highest BCUT2D eigenvalue weighted by Gasteiger charge is 2.18. The van der Waals surface area contributed by atoms with Crippen molar-refractivity contribution in [2.24, 2.45) is 0 Å². The van der Waals surface area contributed by atoms with Gasteiger partial charge in [-0.2, -0.15) is 9.94 Å². The molecule has 0 saturated heterocycles. The van der Waals surface area contributed by atoms with Gasteiger partial charge in [-0.1, -0.05) is 37.0 Å². The van der Waals surface area contributed by atoms with Gasteiger partial charge >= 0.3 is 5.69 Å². The second-order valence-electron chi connectivity index (χ2n) is 6.12. The highest BCUT2D eigenvalue weighted by Crippen LogP contribution is 2.38. The first-order valence-corrected chi connectivity index (χ1v) is 8.87. The summed E-state index contributed by atoms with van der Waals surface area (Å²) in [5, 5.41) is 18.8. The summed E-state index contributed by atoms with van der Waals surface area (Å²) < 4.78 is 6.49. The van der Waals surface area contributed by atoms with Gasteiger partial charge in [0.2, 0.25) is 11.6 Å². The van der Waals surface area contributed by atoms with Crippen LogP contribution in [0.5, 0.6) is 11.6 Å². The van der Waals surface area contributed by atoms with Crippen LogP contribution in [0.1, 0.15) is 31.0 Å². The van der Waals surface area contributed by atoms with E-state index in [2.05, 4.69) is 15.3 Å². The number of benzene rings is 1. The summed E-state index contributed by atoms with van der Waals surface area (Å²) >= 11 is 12.5. The number of nitrogens with zero attached hydrogens (tertiary/aromatic N) is 4. The molecular formula is C17H12Cl2N6O4. The molecule has 1 aromatic carbocycles. The van der Waals surface area contributed by atoms with E-state index in [1.54, 1.807) is 6.07 Å². The zero-order valence-corrected chi connectivity index (χ0v) is 16.5. The minimum Gasteiger partial charge on any atom is -0.434 e. The molecule has 3 rings (SSSR count). The largest absolute Gasteiger partial charge is 0.434 e. The van der Waals surface area contributed by atoms with Crippen LogP contribution in [0.3, 0.4) is 0 Å². The lowest BCUT2D eigenvalue weighted by Gasteiger charge is -2.14. The maximum atomic E-state index is 12.0. The number of nitrogens with one attached hydrogen (secondary N) is 2. The monoisotopic (exact) mass is 434 g/mol. The van der Waals surface area contributed by atoms with Gasteiger partial charge in [-0.25, -0.2) is 9.89 Å². The molecule has 0 bridgehead atoms. The van der Waals surface area contributed by atoms with Gasteiger partial charge in [0.1, 0.15) is 6.07 Å². The number of H-pyrrole nitrogens is 2. The van der Waals surface area contributed by atoms with Crippen LogP contribution in [-0.4, -0.2) is 25.0 Å². The van der Waals surface area contributed by atoms with Crippen molar-refractivity contribution in [2.45, 2.75) is 19.8 Å². The van der Waals surface area contributed by atoms with E-state index in [-0.39, 0.29) is 38.8 Å². The van der Waals surface area contributed by atoms with Gasteiger partial charge in [-0.3, -0.25) is 14.6 Å². The molecule has 0 aliphatic rings. The second kappa shape index (κ2) is 7.90.